The van der Waals surface area contributed by atoms with Gasteiger partial charge < -0.3 is 9.47 Å². The Labute approximate surface area is 179 Å². The highest BCUT2D eigenvalue weighted by molar-refractivity contribution is 6.28. The molecule has 2 aromatic rings. The Kier molecular flexibility index (Phi) is 8.06. The number of carbonyl (C=O) groups excluding carboxylic acids is 2. The molecule has 0 saturated carbocycles. The molecule has 0 heterocycles. The van der Waals surface area contributed by atoms with E-state index in [1.165, 1.54) is 25.7 Å². The summed E-state index contributed by atoms with van der Waals surface area (Å²) in [7, 11) is 0. The van der Waals surface area contributed by atoms with Crippen LogP contribution in [0.1, 0.15) is 97.1 Å². The molecule has 0 amide bonds. The lowest BCUT2D eigenvalue weighted by atomic mass is 9.84. The first-order valence-corrected chi connectivity index (χ1v) is 11.3. The molecular weight excluding hydrogens is 376 g/mol. The number of benzene rings is 2. The Morgan fingerprint density at radius 3 is 1.40 bits per heavy atom. The van der Waals surface area contributed by atoms with Crippen molar-refractivity contribution in [2.75, 3.05) is 13.2 Å². The van der Waals surface area contributed by atoms with Crippen LogP contribution in [0.5, 0.6) is 11.5 Å². The van der Waals surface area contributed by atoms with E-state index < -0.39 is 0 Å². The SMILES string of the molecule is CCCCCCOc1ccc2c(c1)C(=O)c1ccc(OCCCCCC)cc1C2=O. The van der Waals surface area contributed by atoms with Crippen molar-refractivity contribution in [3.05, 3.63) is 58.7 Å². The molecule has 3 rings (SSSR count). The topological polar surface area (TPSA) is 52.6 Å². The molecule has 0 atom stereocenters. The van der Waals surface area contributed by atoms with Gasteiger partial charge in [0, 0.05) is 22.3 Å². The van der Waals surface area contributed by atoms with Gasteiger partial charge in [-0.3, -0.25) is 9.59 Å². The lowest BCUT2D eigenvalue weighted by molar-refractivity contribution is 0.0978. The van der Waals surface area contributed by atoms with E-state index >= 15 is 0 Å². The van der Waals surface area contributed by atoms with Crippen molar-refractivity contribution in [2.24, 2.45) is 0 Å². The first kappa shape index (κ1) is 22.1. The van der Waals surface area contributed by atoms with Gasteiger partial charge in [-0.25, -0.2) is 0 Å². The molecular formula is C26H32O4. The molecule has 0 bridgehead atoms. The average molecular weight is 409 g/mol. The van der Waals surface area contributed by atoms with E-state index in [-0.39, 0.29) is 11.6 Å². The summed E-state index contributed by atoms with van der Waals surface area (Å²) < 4.78 is 11.6. The highest BCUT2D eigenvalue weighted by Gasteiger charge is 2.30. The molecule has 0 aliphatic heterocycles. The monoisotopic (exact) mass is 408 g/mol. The minimum absolute atomic E-state index is 0.134. The molecule has 1 aliphatic rings. The lowest BCUT2D eigenvalue weighted by Crippen LogP contribution is -2.21. The largest absolute Gasteiger partial charge is 0.494 e. The van der Waals surface area contributed by atoms with Crippen molar-refractivity contribution in [2.45, 2.75) is 65.2 Å². The summed E-state index contributed by atoms with van der Waals surface area (Å²) in [5.74, 6) is 1.01. The highest BCUT2D eigenvalue weighted by atomic mass is 16.5. The molecule has 0 fully saturated rings. The fourth-order valence-corrected chi connectivity index (χ4v) is 3.73. The van der Waals surface area contributed by atoms with Crippen LogP contribution in [-0.2, 0) is 0 Å². The number of fused-ring (bicyclic) bond motifs is 2. The van der Waals surface area contributed by atoms with Crippen molar-refractivity contribution in [3.63, 3.8) is 0 Å². The Balaban J connectivity index is 1.69. The van der Waals surface area contributed by atoms with Gasteiger partial charge in [0.15, 0.2) is 11.6 Å². The number of hydrogen-bond donors (Lipinski definition) is 0. The van der Waals surface area contributed by atoms with Crippen molar-refractivity contribution in [1.29, 1.82) is 0 Å². The van der Waals surface area contributed by atoms with Gasteiger partial charge in [-0.2, -0.15) is 0 Å². The second-order valence-corrected chi connectivity index (χ2v) is 7.89. The van der Waals surface area contributed by atoms with Crippen molar-refractivity contribution < 1.29 is 19.1 Å². The summed E-state index contributed by atoms with van der Waals surface area (Å²) in [6, 6.07) is 10.4. The van der Waals surface area contributed by atoms with Crippen LogP contribution in [0.3, 0.4) is 0 Å². The zero-order chi connectivity index (χ0) is 21.3. The molecule has 0 saturated heterocycles. The van der Waals surface area contributed by atoms with E-state index in [0.717, 1.165) is 25.7 Å². The van der Waals surface area contributed by atoms with Crippen LogP contribution >= 0.6 is 0 Å². The minimum atomic E-state index is -0.134. The Hall–Kier alpha value is -2.62. The van der Waals surface area contributed by atoms with Crippen LogP contribution < -0.4 is 9.47 Å². The summed E-state index contributed by atoms with van der Waals surface area (Å²) in [6.07, 6.45) is 9.00. The number of rotatable bonds is 12. The average Bonchev–Trinajstić information content (AvgIpc) is 2.77. The van der Waals surface area contributed by atoms with Gasteiger partial charge in [-0.05, 0) is 49.2 Å². The minimum Gasteiger partial charge on any atom is -0.494 e. The third kappa shape index (κ3) is 5.29. The van der Waals surface area contributed by atoms with Gasteiger partial charge in [0.1, 0.15) is 11.5 Å². The maximum Gasteiger partial charge on any atom is 0.194 e. The zero-order valence-electron chi connectivity index (χ0n) is 18.2. The third-order valence-electron chi connectivity index (χ3n) is 5.49. The summed E-state index contributed by atoms with van der Waals surface area (Å²) in [5, 5.41) is 0. The van der Waals surface area contributed by atoms with Gasteiger partial charge in [0.25, 0.3) is 0 Å². The van der Waals surface area contributed by atoms with Crippen LogP contribution in [-0.4, -0.2) is 24.8 Å². The molecule has 1 aliphatic carbocycles. The number of ether oxygens (including phenoxy) is 2. The van der Waals surface area contributed by atoms with E-state index in [4.69, 9.17) is 9.47 Å². The van der Waals surface area contributed by atoms with Gasteiger partial charge >= 0.3 is 0 Å². The summed E-state index contributed by atoms with van der Waals surface area (Å²) in [4.78, 5) is 26.0. The first-order valence-electron chi connectivity index (χ1n) is 11.3. The standard InChI is InChI=1S/C26H32O4/c1-3-5-7-9-15-29-19-11-13-21-23(17-19)25(27)22-14-12-20(18-24(22)26(21)28)30-16-10-8-6-4-2/h11-14,17-18H,3-10,15-16H2,1-2H3. The van der Waals surface area contributed by atoms with E-state index in [1.807, 2.05) is 0 Å². The Morgan fingerprint density at radius 2 is 1.00 bits per heavy atom. The molecule has 160 valence electrons. The van der Waals surface area contributed by atoms with Crippen molar-refractivity contribution >= 4 is 11.6 Å². The molecule has 30 heavy (non-hydrogen) atoms. The second kappa shape index (κ2) is 11.0. The van der Waals surface area contributed by atoms with E-state index in [2.05, 4.69) is 13.8 Å². The normalized spacial score (nSPS) is 12.5. The van der Waals surface area contributed by atoms with Crippen molar-refractivity contribution in [1.82, 2.24) is 0 Å². The predicted molar refractivity (Wildman–Crippen MR) is 119 cm³/mol. The fraction of sp³-hybridized carbons (Fsp3) is 0.462. The van der Waals surface area contributed by atoms with Crippen LogP contribution in [0.15, 0.2) is 36.4 Å². The Morgan fingerprint density at radius 1 is 0.567 bits per heavy atom. The first-order chi connectivity index (χ1) is 14.7. The van der Waals surface area contributed by atoms with Gasteiger partial charge in [0.2, 0.25) is 0 Å². The van der Waals surface area contributed by atoms with Crippen LogP contribution in [0.4, 0.5) is 0 Å². The maximum atomic E-state index is 13.0. The van der Waals surface area contributed by atoms with E-state index in [9.17, 15) is 9.59 Å². The van der Waals surface area contributed by atoms with E-state index in [1.54, 1.807) is 36.4 Å². The second-order valence-electron chi connectivity index (χ2n) is 7.89. The summed E-state index contributed by atoms with van der Waals surface area (Å²) >= 11 is 0. The van der Waals surface area contributed by atoms with Crippen molar-refractivity contribution in [3.8, 4) is 11.5 Å². The van der Waals surface area contributed by atoms with Gasteiger partial charge in [-0.15, -0.1) is 0 Å². The number of hydrogen-bond acceptors (Lipinski definition) is 4. The van der Waals surface area contributed by atoms with Crippen LogP contribution in [0.25, 0.3) is 0 Å². The molecule has 4 nitrogen and oxygen atoms in total. The van der Waals surface area contributed by atoms with Crippen LogP contribution in [0, 0.1) is 0 Å². The molecule has 4 heteroatoms. The molecule has 0 N–H and O–H groups in total. The third-order valence-corrected chi connectivity index (χ3v) is 5.49. The fourth-order valence-electron chi connectivity index (χ4n) is 3.73. The highest BCUT2D eigenvalue weighted by Crippen LogP contribution is 2.32. The quantitative estimate of drug-likeness (QED) is 0.326. The zero-order valence-corrected chi connectivity index (χ0v) is 18.2. The summed E-state index contributed by atoms with van der Waals surface area (Å²) in [5.41, 5.74) is 1.72. The smallest absolute Gasteiger partial charge is 0.194 e. The van der Waals surface area contributed by atoms with E-state index in [0.29, 0.717) is 47.0 Å². The Bertz CT molecular complexity index is 811. The summed E-state index contributed by atoms with van der Waals surface area (Å²) in [6.45, 7) is 5.59. The molecule has 0 radical (unpaired) electrons. The predicted octanol–water partition coefficient (Wildman–Crippen LogP) is 6.38. The lowest BCUT2D eigenvalue weighted by Gasteiger charge is -2.19. The molecule has 2 aromatic carbocycles. The maximum absolute atomic E-state index is 13.0. The number of carbonyl (C=O) groups is 2. The van der Waals surface area contributed by atoms with Crippen LogP contribution in [0.2, 0.25) is 0 Å². The van der Waals surface area contributed by atoms with Gasteiger partial charge in [-0.1, -0.05) is 52.4 Å². The molecule has 0 spiro atoms. The molecule has 0 aromatic heterocycles. The molecule has 0 unspecified atom stereocenters. The number of ketones is 2. The van der Waals surface area contributed by atoms with Gasteiger partial charge in [0.05, 0.1) is 13.2 Å². The number of unbranched alkanes of at least 4 members (excludes halogenated alkanes) is 6.